The second-order valence-electron chi connectivity index (χ2n) is 7.79. The second kappa shape index (κ2) is 4.99. The standard InChI is InChI=1S/C19H23NO2S/c1-19(2,3)16-7-11-9-20-13-5-4-10-6-14(21)15(22)8-12(10)17(13)18(11)23-16/h6-8,13,17,20-22H,4-5,9H2,1-3H3. The van der Waals surface area contributed by atoms with E-state index in [1.807, 2.05) is 11.3 Å². The highest BCUT2D eigenvalue weighted by atomic mass is 32.1. The van der Waals surface area contributed by atoms with Crippen LogP contribution in [0.25, 0.3) is 0 Å². The molecule has 0 radical (unpaired) electrons. The van der Waals surface area contributed by atoms with Gasteiger partial charge in [0.1, 0.15) is 0 Å². The summed E-state index contributed by atoms with van der Waals surface area (Å²) < 4.78 is 0. The first-order valence-electron chi connectivity index (χ1n) is 8.26. The van der Waals surface area contributed by atoms with Gasteiger partial charge in [-0.3, -0.25) is 0 Å². The van der Waals surface area contributed by atoms with Crippen LogP contribution in [0.4, 0.5) is 0 Å². The predicted octanol–water partition coefficient (Wildman–Crippen LogP) is 4.01. The molecule has 2 atom stereocenters. The molecule has 0 spiro atoms. The smallest absolute Gasteiger partial charge is 0.157 e. The molecule has 2 heterocycles. The molecule has 1 aromatic carbocycles. The van der Waals surface area contributed by atoms with Crippen molar-refractivity contribution in [3.05, 3.63) is 44.6 Å². The summed E-state index contributed by atoms with van der Waals surface area (Å²) in [6.45, 7) is 7.71. The third-order valence-corrected chi connectivity index (χ3v) is 6.80. The fourth-order valence-corrected chi connectivity index (χ4v) is 5.26. The second-order valence-corrected chi connectivity index (χ2v) is 8.88. The lowest BCUT2D eigenvalue weighted by Crippen LogP contribution is -2.41. The molecule has 3 nitrogen and oxygen atoms in total. The van der Waals surface area contributed by atoms with E-state index in [0.717, 1.165) is 19.4 Å². The van der Waals surface area contributed by atoms with Crippen LogP contribution in [-0.4, -0.2) is 16.3 Å². The van der Waals surface area contributed by atoms with Crippen LogP contribution < -0.4 is 5.32 Å². The first-order chi connectivity index (χ1) is 10.8. The molecular weight excluding hydrogens is 306 g/mol. The van der Waals surface area contributed by atoms with E-state index in [9.17, 15) is 10.2 Å². The van der Waals surface area contributed by atoms with Gasteiger partial charge in [0.05, 0.1) is 0 Å². The van der Waals surface area contributed by atoms with E-state index >= 15 is 0 Å². The lowest BCUT2D eigenvalue weighted by atomic mass is 9.75. The summed E-state index contributed by atoms with van der Waals surface area (Å²) in [6.07, 6.45) is 2.02. The minimum Gasteiger partial charge on any atom is -0.504 e. The Kier molecular flexibility index (Phi) is 3.26. The molecule has 122 valence electrons. The molecule has 0 fully saturated rings. The number of aryl methyl sites for hydroxylation is 1. The average Bonchev–Trinajstić information content (AvgIpc) is 2.92. The van der Waals surface area contributed by atoms with Crippen LogP contribution in [0.3, 0.4) is 0 Å². The number of phenolic OH excluding ortho intramolecular Hbond substituents is 2. The molecule has 1 aromatic heterocycles. The summed E-state index contributed by atoms with van der Waals surface area (Å²) >= 11 is 1.92. The SMILES string of the molecule is CC(C)(C)c1cc2c(s1)C1c3cc(O)c(O)cc3CCC1NC2. The molecule has 2 unspecified atom stereocenters. The summed E-state index contributed by atoms with van der Waals surface area (Å²) in [5, 5.41) is 23.5. The van der Waals surface area contributed by atoms with Crippen molar-refractivity contribution in [1.29, 1.82) is 0 Å². The van der Waals surface area contributed by atoms with Gasteiger partial charge >= 0.3 is 0 Å². The number of aromatic hydroxyl groups is 2. The molecule has 2 aliphatic rings. The Bertz CT molecular complexity index is 772. The van der Waals surface area contributed by atoms with Gasteiger partial charge in [0.15, 0.2) is 11.5 Å². The van der Waals surface area contributed by atoms with Crippen LogP contribution in [0.5, 0.6) is 11.5 Å². The highest BCUT2D eigenvalue weighted by molar-refractivity contribution is 7.12. The van der Waals surface area contributed by atoms with Crippen molar-refractivity contribution >= 4 is 11.3 Å². The molecule has 2 aromatic rings. The Labute approximate surface area is 141 Å². The van der Waals surface area contributed by atoms with Crippen LogP contribution in [0, 0.1) is 0 Å². The van der Waals surface area contributed by atoms with E-state index in [4.69, 9.17) is 0 Å². The van der Waals surface area contributed by atoms with E-state index in [2.05, 4.69) is 32.2 Å². The largest absolute Gasteiger partial charge is 0.504 e. The topological polar surface area (TPSA) is 52.5 Å². The van der Waals surface area contributed by atoms with Crippen LogP contribution in [0.15, 0.2) is 18.2 Å². The van der Waals surface area contributed by atoms with Crippen LogP contribution in [0.2, 0.25) is 0 Å². The number of rotatable bonds is 0. The van der Waals surface area contributed by atoms with Gasteiger partial charge in [-0.25, -0.2) is 0 Å². The maximum absolute atomic E-state index is 9.98. The van der Waals surface area contributed by atoms with Crippen molar-refractivity contribution in [1.82, 2.24) is 5.32 Å². The zero-order chi connectivity index (χ0) is 16.4. The summed E-state index contributed by atoms with van der Waals surface area (Å²) in [5.41, 5.74) is 3.89. The molecule has 0 saturated carbocycles. The zero-order valence-electron chi connectivity index (χ0n) is 13.8. The molecule has 1 aliphatic heterocycles. The van der Waals surface area contributed by atoms with E-state index in [1.54, 1.807) is 12.1 Å². The monoisotopic (exact) mass is 329 g/mol. The Hall–Kier alpha value is -1.52. The van der Waals surface area contributed by atoms with Gasteiger partial charge in [-0.2, -0.15) is 0 Å². The van der Waals surface area contributed by atoms with Crippen molar-refractivity contribution in [2.24, 2.45) is 0 Å². The van der Waals surface area contributed by atoms with E-state index in [-0.39, 0.29) is 22.8 Å². The Morgan fingerprint density at radius 1 is 1.09 bits per heavy atom. The number of phenols is 2. The van der Waals surface area contributed by atoms with Crippen LogP contribution in [0.1, 0.15) is 59.6 Å². The zero-order valence-corrected chi connectivity index (χ0v) is 14.6. The van der Waals surface area contributed by atoms with E-state index in [1.165, 1.54) is 26.4 Å². The molecule has 1 aliphatic carbocycles. The summed E-state index contributed by atoms with van der Waals surface area (Å²) in [4.78, 5) is 2.85. The van der Waals surface area contributed by atoms with Crippen molar-refractivity contribution in [2.45, 2.75) is 57.5 Å². The number of benzene rings is 1. The molecule has 4 rings (SSSR count). The van der Waals surface area contributed by atoms with Gasteiger partial charge < -0.3 is 15.5 Å². The highest BCUT2D eigenvalue weighted by Gasteiger charge is 2.37. The number of nitrogens with one attached hydrogen (secondary N) is 1. The molecule has 23 heavy (non-hydrogen) atoms. The number of thiophene rings is 1. The fraction of sp³-hybridized carbons (Fsp3) is 0.474. The summed E-state index contributed by atoms with van der Waals surface area (Å²) in [6, 6.07) is 6.28. The van der Waals surface area contributed by atoms with Gasteiger partial charge in [-0.1, -0.05) is 20.8 Å². The van der Waals surface area contributed by atoms with E-state index < -0.39 is 0 Å². The first kappa shape index (κ1) is 15.0. The maximum Gasteiger partial charge on any atom is 0.157 e. The lowest BCUT2D eigenvalue weighted by molar-refractivity contribution is 0.383. The Morgan fingerprint density at radius 2 is 1.83 bits per heavy atom. The summed E-state index contributed by atoms with van der Waals surface area (Å²) in [5.74, 6) is 0.270. The molecule has 0 bridgehead atoms. The van der Waals surface area contributed by atoms with Gasteiger partial charge in [0.25, 0.3) is 0 Å². The first-order valence-corrected chi connectivity index (χ1v) is 9.07. The van der Waals surface area contributed by atoms with Gasteiger partial charge in [-0.05, 0) is 53.1 Å². The molecule has 0 amide bonds. The minimum atomic E-state index is -0.0101. The van der Waals surface area contributed by atoms with Gasteiger partial charge in [-0.15, -0.1) is 11.3 Å². The van der Waals surface area contributed by atoms with Crippen LogP contribution in [-0.2, 0) is 18.4 Å². The molecule has 4 heteroatoms. The minimum absolute atomic E-state index is 0.00671. The molecule has 3 N–H and O–H groups in total. The van der Waals surface area contributed by atoms with Crippen molar-refractivity contribution in [3.8, 4) is 11.5 Å². The Balaban J connectivity index is 1.87. The third-order valence-electron chi connectivity index (χ3n) is 5.12. The molecular formula is C19H23NO2S. The van der Waals surface area contributed by atoms with E-state index in [0.29, 0.717) is 6.04 Å². The molecule has 0 saturated heterocycles. The Morgan fingerprint density at radius 3 is 2.57 bits per heavy atom. The summed E-state index contributed by atoms with van der Waals surface area (Å²) in [7, 11) is 0. The fourth-order valence-electron chi connectivity index (χ4n) is 3.84. The number of fused-ring (bicyclic) bond motifs is 5. The predicted molar refractivity (Wildman–Crippen MR) is 93.6 cm³/mol. The lowest BCUT2D eigenvalue weighted by Gasteiger charge is -2.38. The number of hydrogen-bond acceptors (Lipinski definition) is 4. The normalized spacial score (nSPS) is 23.1. The van der Waals surface area contributed by atoms with Crippen LogP contribution >= 0.6 is 11.3 Å². The van der Waals surface area contributed by atoms with Gasteiger partial charge in [0, 0.05) is 28.3 Å². The van der Waals surface area contributed by atoms with Crippen molar-refractivity contribution in [3.63, 3.8) is 0 Å². The maximum atomic E-state index is 9.98. The highest BCUT2D eigenvalue weighted by Crippen LogP contribution is 2.48. The average molecular weight is 329 g/mol. The third kappa shape index (κ3) is 2.36. The van der Waals surface area contributed by atoms with Crippen molar-refractivity contribution in [2.75, 3.05) is 0 Å². The van der Waals surface area contributed by atoms with Crippen molar-refractivity contribution < 1.29 is 10.2 Å². The number of hydrogen-bond donors (Lipinski definition) is 3. The van der Waals surface area contributed by atoms with Gasteiger partial charge in [0.2, 0.25) is 0 Å². The quantitative estimate of drug-likeness (QED) is 0.640.